The van der Waals surface area contributed by atoms with Gasteiger partial charge in [0.15, 0.2) is 0 Å². The fraction of sp³-hybridized carbons (Fsp3) is 0.417. The molecule has 0 N–H and O–H groups in total. The van der Waals surface area contributed by atoms with Crippen LogP contribution in [0.15, 0.2) is 22.7 Å². The third kappa shape index (κ3) is 3.94. The van der Waals surface area contributed by atoms with Crippen molar-refractivity contribution in [1.29, 1.82) is 0 Å². The van der Waals surface area contributed by atoms with Gasteiger partial charge in [0.2, 0.25) is 0 Å². The summed E-state index contributed by atoms with van der Waals surface area (Å²) in [6.07, 6.45) is 0.869. The lowest BCUT2D eigenvalue weighted by Crippen LogP contribution is -2.28. The quantitative estimate of drug-likeness (QED) is 0.775. The number of rotatable bonds is 5. The molecule has 4 heteroatoms. The van der Waals surface area contributed by atoms with Crippen molar-refractivity contribution in [2.45, 2.75) is 0 Å². The number of halogens is 1. The molecule has 1 rings (SSSR count). The minimum atomic E-state index is 0.695. The Kier molecular flexibility index (Phi) is 4.96. The first-order chi connectivity index (χ1) is 7.52. The molecule has 0 amide bonds. The molecule has 0 bridgehead atoms. The summed E-state index contributed by atoms with van der Waals surface area (Å²) >= 11 is 3.41. The maximum Gasteiger partial charge on any atom is 0.150 e. The topological polar surface area (TPSA) is 23.6 Å². The molecule has 0 spiro atoms. The third-order valence-electron chi connectivity index (χ3n) is 2.36. The van der Waals surface area contributed by atoms with E-state index in [4.69, 9.17) is 0 Å². The summed E-state index contributed by atoms with van der Waals surface area (Å²) in [5.41, 5.74) is 1.75. The summed E-state index contributed by atoms with van der Waals surface area (Å²) in [6.45, 7) is 1.92. The molecule has 0 aliphatic carbocycles. The van der Waals surface area contributed by atoms with Crippen LogP contribution in [0.1, 0.15) is 10.4 Å². The van der Waals surface area contributed by atoms with Crippen LogP contribution in [0.4, 0.5) is 5.69 Å². The fourth-order valence-corrected chi connectivity index (χ4v) is 1.86. The van der Waals surface area contributed by atoms with E-state index in [1.165, 1.54) is 0 Å². The van der Waals surface area contributed by atoms with Crippen molar-refractivity contribution in [2.24, 2.45) is 0 Å². The van der Waals surface area contributed by atoms with E-state index in [2.05, 4.69) is 25.7 Å². The van der Waals surface area contributed by atoms with Crippen LogP contribution in [0, 0.1) is 0 Å². The van der Waals surface area contributed by atoms with E-state index in [1.54, 1.807) is 0 Å². The summed E-state index contributed by atoms with van der Waals surface area (Å²) in [6, 6.07) is 5.73. The average Bonchev–Trinajstić information content (AvgIpc) is 2.24. The van der Waals surface area contributed by atoms with Gasteiger partial charge in [0.25, 0.3) is 0 Å². The second-order valence-corrected chi connectivity index (χ2v) is 5.00. The highest BCUT2D eigenvalue weighted by atomic mass is 79.9. The van der Waals surface area contributed by atoms with Gasteiger partial charge in [-0.2, -0.15) is 0 Å². The number of anilines is 1. The monoisotopic (exact) mass is 284 g/mol. The summed E-state index contributed by atoms with van der Waals surface area (Å²) in [5.74, 6) is 0. The molecule has 88 valence electrons. The van der Waals surface area contributed by atoms with E-state index in [0.717, 1.165) is 29.5 Å². The van der Waals surface area contributed by atoms with E-state index < -0.39 is 0 Å². The molecule has 0 saturated carbocycles. The molecule has 3 nitrogen and oxygen atoms in total. The van der Waals surface area contributed by atoms with Crippen LogP contribution < -0.4 is 4.90 Å². The predicted octanol–water partition coefficient (Wildman–Crippen LogP) is 2.26. The number of hydrogen-bond acceptors (Lipinski definition) is 3. The average molecular weight is 285 g/mol. The first-order valence-electron chi connectivity index (χ1n) is 5.14. The Morgan fingerprint density at radius 1 is 1.19 bits per heavy atom. The number of likely N-dealkylation sites (N-methyl/N-ethyl adjacent to an activating group) is 2. The molecule has 0 fully saturated rings. The number of aldehydes is 1. The zero-order chi connectivity index (χ0) is 12.1. The zero-order valence-corrected chi connectivity index (χ0v) is 11.5. The van der Waals surface area contributed by atoms with E-state index in [0.29, 0.717) is 5.56 Å². The highest BCUT2D eigenvalue weighted by molar-refractivity contribution is 9.10. The van der Waals surface area contributed by atoms with Gasteiger partial charge < -0.3 is 9.80 Å². The van der Waals surface area contributed by atoms with Gasteiger partial charge in [0.05, 0.1) is 0 Å². The molecule has 1 aromatic rings. The number of carbonyl (C=O) groups excluding carboxylic acids is 1. The van der Waals surface area contributed by atoms with Crippen molar-refractivity contribution >= 4 is 27.9 Å². The van der Waals surface area contributed by atoms with Crippen LogP contribution >= 0.6 is 15.9 Å². The Labute approximate surface area is 105 Å². The lowest BCUT2D eigenvalue weighted by atomic mass is 10.2. The largest absolute Gasteiger partial charge is 0.373 e. The Bertz CT molecular complexity index is 366. The highest BCUT2D eigenvalue weighted by Crippen LogP contribution is 2.21. The number of benzene rings is 1. The summed E-state index contributed by atoms with van der Waals surface area (Å²) < 4.78 is 0.934. The third-order valence-corrected chi connectivity index (χ3v) is 2.82. The lowest BCUT2D eigenvalue weighted by Gasteiger charge is -2.22. The van der Waals surface area contributed by atoms with Crippen molar-refractivity contribution in [3.63, 3.8) is 0 Å². The van der Waals surface area contributed by atoms with Crippen LogP contribution in [0.3, 0.4) is 0 Å². The van der Waals surface area contributed by atoms with E-state index in [9.17, 15) is 4.79 Å². The summed E-state index contributed by atoms with van der Waals surface area (Å²) in [4.78, 5) is 15.0. The maximum atomic E-state index is 10.8. The summed E-state index contributed by atoms with van der Waals surface area (Å²) in [7, 11) is 6.12. The van der Waals surface area contributed by atoms with Crippen LogP contribution in [0.5, 0.6) is 0 Å². The molecule has 0 aliphatic rings. The van der Waals surface area contributed by atoms with Gasteiger partial charge >= 0.3 is 0 Å². The Morgan fingerprint density at radius 3 is 2.44 bits per heavy atom. The second-order valence-electron chi connectivity index (χ2n) is 4.09. The van der Waals surface area contributed by atoms with Gasteiger partial charge in [0, 0.05) is 35.9 Å². The molecule has 16 heavy (non-hydrogen) atoms. The molecule has 0 unspecified atom stereocenters. The van der Waals surface area contributed by atoms with Gasteiger partial charge in [-0.25, -0.2) is 0 Å². The van der Waals surface area contributed by atoms with E-state index >= 15 is 0 Å². The van der Waals surface area contributed by atoms with Gasteiger partial charge in [-0.1, -0.05) is 15.9 Å². The molecule has 0 atom stereocenters. The van der Waals surface area contributed by atoms with Crippen molar-refractivity contribution in [2.75, 3.05) is 39.1 Å². The fourth-order valence-electron chi connectivity index (χ4n) is 1.36. The molecular weight excluding hydrogens is 268 g/mol. The minimum Gasteiger partial charge on any atom is -0.373 e. The van der Waals surface area contributed by atoms with Gasteiger partial charge in [0.1, 0.15) is 6.29 Å². The predicted molar refractivity (Wildman–Crippen MR) is 71.4 cm³/mol. The molecule has 0 aromatic heterocycles. The molecule has 0 aliphatic heterocycles. The number of hydrogen-bond donors (Lipinski definition) is 0. The number of nitrogens with zero attached hydrogens (tertiary/aromatic N) is 2. The lowest BCUT2D eigenvalue weighted by molar-refractivity contribution is 0.112. The zero-order valence-electron chi connectivity index (χ0n) is 9.90. The minimum absolute atomic E-state index is 0.695. The van der Waals surface area contributed by atoms with Crippen molar-refractivity contribution in [1.82, 2.24) is 4.90 Å². The van der Waals surface area contributed by atoms with Crippen molar-refractivity contribution in [3.05, 3.63) is 28.2 Å². The first kappa shape index (κ1) is 13.2. The molecular formula is C12H17BrN2O. The maximum absolute atomic E-state index is 10.8. The summed E-state index contributed by atoms with van der Waals surface area (Å²) in [5, 5.41) is 0. The first-order valence-corrected chi connectivity index (χ1v) is 5.94. The van der Waals surface area contributed by atoms with Crippen molar-refractivity contribution < 1.29 is 4.79 Å². The molecule has 0 heterocycles. The van der Waals surface area contributed by atoms with E-state index in [-0.39, 0.29) is 0 Å². The normalized spacial score (nSPS) is 10.6. The Balaban J connectivity index is 2.78. The molecule has 1 aromatic carbocycles. The van der Waals surface area contributed by atoms with Gasteiger partial charge in [-0.3, -0.25) is 4.79 Å². The number of carbonyl (C=O) groups is 1. The van der Waals surface area contributed by atoms with E-state index in [1.807, 2.05) is 39.3 Å². The van der Waals surface area contributed by atoms with Crippen LogP contribution in [0.25, 0.3) is 0 Å². The smallest absolute Gasteiger partial charge is 0.150 e. The van der Waals surface area contributed by atoms with Crippen LogP contribution in [0.2, 0.25) is 0 Å². The van der Waals surface area contributed by atoms with Crippen LogP contribution in [-0.2, 0) is 0 Å². The highest BCUT2D eigenvalue weighted by Gasteiger charge is 2.04. The van der Waals surface area contributed by atoms with Gasteiger partial charge in [-0.15, -0.1) is 0 Å². The Hall–Kier alpha value is -0.870. The SMILES string of the molecule is CN(C)CCN(C)c1cc(Br)cc(C=O)c1. The standard InChI is InChI=1S/C12H17BrN2O/c1-14(2)4-5-15(3)12-7-10(9-16)6-11(13)8-12/h6-9H,4-5H2,1-3H3. The van der Waals surface area contributed by atoms with Crippen LogP contribution in [-0.4, -0.2) is 45.4 Å². The second kappa shape index (κ2) is 6.01. The molecule has 0 radical (unpaired) electrons. The van der Waals surface area contributed by atoms with Crippen molar-refractivity contribution in [3.8, 4) is 0 Å². The van der Waals surface area contributed by atoms with Gasteiger partial charge in [-0.05, 0) is 32.3 Å². The molecule has 0 saturated heterocycles. The Morgan fingerprint density at radius 2 is 1.88 bits per heavy atom.